The maximum atomic E-state index is 13.3. The van der Waals surface area contributed by atoms with E-state index in [2.05, 4.69) is 10.3 Å². The van der Waals surface area contributed by atoms with E-state index in [9.17, 15) is 45.8 Å². The van der Waals surface area contributed by atoms with Gasteiger partial charge in [-0.15, -0.1) is 0 Å². The monoisotopic (exact) mass is 570 g/mol. The summed E-state index contributed by atoms with van der Waals surface area (Å²) in [6, 6.07) is 4.20. The Kier molecular flexibility index (Phi) is 6.89. The van der Waals surface area contributed by atoms with E-state index in [0.29, 0.717) is 23.5 Å². The van der Waals surface area contributed by atoms with Crippen molar-refractivity contribution in [2.45, 2.75) is 62.8 Å². The molecule has 1 unspecified atom stereocenters. The van der Waals surface area contributed by atoms with E-state index in [1.807, 2.05) is 0 Å². The highest BCUT2D eigenvalue weighted by Crippen LogP contribution is 2.41. The number of carbonyl (C=O) groups excluding carboxylic acids is 3. The predicted molar refractivity (Wildman–Crippen MR) is 125 cm³/mol. The van der Waals surface area contributed by atoms with Crippen molar-refractivity contribution in [2.75, 3.05) is 13.1 Å². The zero-order valence-corrected chi connectivity index (χ0v) is 20.9. The quantitative estimate of drug-likeness (QED) is 0.432. The second-order valence-corrected chi connectivity index (χ2v) is 10.3. The van der Waals surface area contributed by atoms with Gasteiger partial charge in [0.25, 0.3) is 5.91 Å². The summed E-state index contributed by atoms with van der Waals surface area (Å²) in [6.07, 6.45) is -9.71. The summed E-state index contributed by atoms with van der Waals surface area (Å²) in [7, 11) is 0. The van der Waals surface area contributed by atoms with E-state index < -0.39 is 52.8 Å². The molecule has 40 heavy (non-hydrogen) atoms. The molecule has 3 aliphatic heterocycles. The first kappa shape index (κ1) is 28.0. The molecule has 3 aliphatic rings. The van der Waals surface area contributed by atoms with Crippen LogP contribution in [0.25, 0.3) is 0 Å². The summed E-state index contributed by atoms with van der Waals surface area (Å²) < 4.78 is 79.1. The Morgan fingerprint density at radius 1 is 0.975 bits per heavy atom. The normalized spacial score (nSPS) is 21.9. The van der Waals surface area contributed by atoms with Gasteiger partial charge in [0.2, 0.25) is 11.8 Å². The first-order valence-electron chi connectivity index (χ1n) is 12.5. The average molecular weight is 570 g/mol. The van der Waals surface area contributed by atoms with Crippen molar-refractivity contribution >= 4 is 17.7 Å². The highest BCUT2D eigenvalue weighted by molar-refractivity contribution is 6.05. The number of imide groups is 1. The topological polar surface area (TPSA) is 103 Å². The molecular formula is C26H24F6N4O4. The third-order valence-corrected chi connectivity index (χ3v) is 7.63. The van der Waals surface area contributed by atoms with Crippen LogP contribution in [0.15, 0.2) is 30.3 Å². The van der Waals surface area contributed by atoms with Gasteiger partial charge in [0.1, 0.15) is 11.6 Å². The van der Waals surface area contributed by atoms with Gasteiger partial charge in [0.15, 0.2) is 0 Å². The molecule has 1 aromatic heterocycles. The first-order valence-corrected chi connectivity index (χ1v) is 12.5. The van der Waals surface area contributed by atoms with E-state index in [4.69, 9.17) is 0 Å². The molecule has 2 aromatic rings. The summed E-state index contributed by atoms with van der Waals surface area (Å²) in [5.74, 6) is -1.36. The molecule has 4 heterocycles. The summed E-state index contributed by atoms with van der Waals surface area (Å²) in [5, 5.41) is 13.5. The summed E-state index contributed by atoms with van der Waals surface area (Å²) in [6.45, 7) is 0.466. The van der Waals surface area contributed by atoms with Crippen molar-refractivity contribution in [3.63, 3.8) is 0 Å². The minimum Gasteiger partial charge on any atom is -0.383 e. The fourth-order valence-corrected chi connectivity index (χ4v) is 5.46. The van der Waals surface area contributed by atoms with E-state index in [-0.39, 0.29) is 63.0 Å². The number of amides is 3. The molecule has 2 fully saturated rings. The van der Waals surface area contributed by atoms with Crippen molar-refractivity contribution in [2.24, 2.45) is 0 Å². The second kappa shape index (κ2) is 9.84. The van der Waals surface area contributed by atoms with Crippen LogP contribution in [-0.2, 0) is 40.6 Å². The van der Waals surface area contributed by atoms with Crippen LogP contribution in [0.1, 0.15) is 64.1 Å². The lowest BCUT2D eigenvalue weighted by Gasteiger charge is -2.38. The Hall–Kier alpha value is -3.52. The predicted octanol–water partition coefficient (Wildman–Crippen LogP) is 3.36. The second-order valence-electron chi connectivity index (χ2n) is 10.3. The Morgan fingerprint density at radius 2 is 1.65 bits per heavy atom. The fraction of sp³-hybridized carbons (Fsp3) is 0.462. The number of likely N-dealkylation sites (tertiary alicyclic amines) is 1. The van der Waals surface area contributed by atoms with Gasteiger partial charge in [0, 0.05) is 26.1 Å². The van der Waals surface area contributed by atoms with E-state index >= 15 is 0 Å². The number of hydrogen-bond acceptors (Lipinski definition) is 6. The summed E-state index contributed by atoms with van der Waals surface area (Å²) in [5.41, 5.74) is -3.84. The van der Waals surface area contributed by atoms with Gasteiger partial charge in [-0.05, 0) is 49.1 Å². The largest absolute Gasteiger partial charge is 0.417 e. The summed E-state index contributed by atoms with van der Waals surface area (Å²) >= 11 is 0. The molecule has 3 amide bonds. The number of fused-ring (bicyclic) bond motifs is 1. The van der Waals surface area contributed by atoms with Crippen LogP contribution in [0, 0.1) is 0 Å². The van der Waals surface area contributed by atoms with Crippen LogP contribution in [0.5, 0.6) is 0 Å². The molecule has 1 aromatic carbocycles. The van der Waals surface area contributed by atoms with E-state index in [0.717, 1.165) is 6.07 Å². The van der Waals surface area contributed by atoms with Crippen molar-refractivity contribution in [3.8, 4) is 0 Å². The van der Waals surface area contributed by atoms with Gasteiger partial charge in [0.05, 0.1) is 34.6 Å². The molecular weight excluding hydrogens is 546 g/mol. The van der Waals surface area contributed by atoms with Gasteiger partial charge >= 0.3 is 12.4 Å². The van der Waals surface area contributed by atoms with Gasteiger partial charge in [-0.25, -0.2) is 0 Å². The third kappa shape index (κ3) is 5.29. The number of aromatic nitrogens is 1. The van der Waals surface area contributed by atoms with Gasteiger partial charge in [-0.1, -0.05) is 6.07 Å². The van der Waals surface area contributed by atoms with Crippen LogP contribution >= 0.6 is 0 Å². The van der Waals surface area contributed by atoms with Crippen LogP contribution in [0.3, 0.4) is 0 Å². The molecule has 1 atom stereocenters. The van der Waals surface area contributed by atoms with E-state index in [1.165, 1.54) is 17.0 Å². The SMILES string of the molecule is O=C1CCC(N2Cc3nc(C4(O)CCN(Cc5ccc(C(F)(F)F)c(C(F)(F)F)c5)CC4)ccc3C2=O)C(=O)N1. The number of nitrogens with zero attached hydrogens (tertiary/aromatic N) is 3. The molecule has 14 heteroatoms. The van der Waals surface area contributed by atoms with Crippen LogP contribution in [0.4, 0.5) is 26.3 Å². The number of pyridine rings is 1. The van der Waals surface area contributed by atoms with Crippen LogP contribution in [0.2, 0.25) is 0 Å². The fourth-order valence-electron chi connectivity index (χ4n) is 5.46. The number of piperidine rings is 2. The molecule has 0 bridgehead atoms. The smallest absolute Gasteiger partial charge is 0.383 e. The average Bonchev–Trinajstić information content (AvgIpc) is 3.20. The number of carbonyl (C=O) groups is 3. The summed E-state index contributed by atoms with van der Waals surface area (Å²) in [4.78, 5) is 44.2. The van der Waals surface area contributed by atoms with Gasteiger partial charge < -0.3 is 10.0 Å². The third-order valence-electron chi connectivity index (χ3n) is 7.63. The molecule has 0 aliphatic carbocycles. The highest BCUT2D eigenvalue weighted by Gasteiger charge is 2.44. The number of rotatable bonds is 4. The lowest BCUT2D eigenvalue weighted by Crippen LogP contribution is -2.52. The molecule has 0 saturated carbocycles. The zero-order valence-electron chi connectivity index (χ0n) is 20.9. The van der Waals surface area contributed by atoms with E-state index in [1.54, 1.807) is 4.90 Å². The van der Waals surface area contributed by atoms with Crippen LogP contribution in [-0.4, -0.2) is 56.7 Å². The number of hydrogen-bond donors (Lipinski definition) is 2. The minimum atomic E-state index is -5.17. The number of halogens is 6. The standard InChI is InChI=1S/C26H24F6N4O4/c27-25(28,29)16-3-1-14(11-17(16)26(30,31)32)12-35-9-7-24(40,8-10-35)20-5-2-15-18(33-20)13-36(23(15)39)19-4-6-21(37)34-22(19)38/h1-3,5,11,19,40H,4,6-10,12-13H2,(H,34,37,38). The van der Waals surface area contributed by atoms with Crippen molar-refractivity contribution in [1.82, 2.24) is 20.1 Å². The van der Waals surface area contributed by atoms with Crippen LogP contribution < -0.4 is 5.32 Å². The number of benzene rings is 1. The number of aliphatic hydroxyl groups is 1. The van der Waals surface area contributed by atoms with Gasteiger partial charge in [-0.2, -0.15) is 26.3 Å². The maximum Gasteiger partial charge on any atom is 0.417 e. The Labute approximate surface area is 224 Å². The highest BCUT2D eigenvalue weighted by atomic mass is 19.4. The van der Waals surface area contributed by atoms with Crippen molar-refractivity contribution in [1.29, 1.82) is 0 Å². The lowest BCUT2D eigenvalue weighted by molar-refractivity contribution is -0.162. The molecule has 8 nitrogen and oxygen atoms in total. The molecule has 0 spiro atoms. The Morgan fingerprint density at radius 3 is 2.27 bits per heavy atom. The molecule has 5 rings (SSSR count). The van der Waals surface area contributed by atoms with Gasteiger partial charge in [-0.3, -0.25) is 29.6 Å². The Balaban J connectivity index is 1.26. The first-order chi connectivity index (χ1) is 18.7. The molecule has 2 N–H and O–H groups in total. The molecule has 0 radical (unpaired) electrons. The van der Waals surface area contributed by atoms with Crippen molar-refractivity contribution in [3.05, 3.63) is 64.0 Å². The number of alkyl halides is 6. The molecule has 2 saturated heterocycles. The molecule has 214 valence electrons. The maximum absolute atomic E-state index is 13.3. The lowest BCUT2D eigenvalue weighted by atomic mass is 9.87. The zero-order chi connectivity index (χ0) is 29.0. The minimum absolute atomic E-state index is 0.0337. The number of nitrogens with one attached hydrogen (secondary N) is 1. The Bertz CT molecular complexity index is 1370. The van der Waals surface area contributed by atoms with Crippen molar-refractivity contribution < 1.29 is 45.8 Å².